The Morgan fingerprint density at radius 1 is 0.939 bits per heavy atom. The third-order valence-corrected chi connectivity index (χ3v) is 5.76. The van der Waals surface area contributed by atoms with Gasteiger partial charge in [-0.3, -0.25) is 9.59 Å². The van der Waals surface area contributed by atoms with Crippen LogP contribution in [0.1, 0.15) is 24.5 Å². The molecule has 0 saturated heterocycles. The van der Waals surface area contributed by atoms with E-state index in [0.717, 1.165) is 22.2 Å². The van der Waals surface area contributed by atoms with Gasteiger partial charge in [0.1, 0.15) is 5.75 Å². The van der Waals surface area contributed by atoms with E-state index in [1.807, 2.05) is 53.6 Å². The Balaban J connectivity index is 1.76. The minimum absolute atomic E-state index is 0.0417. The first-order valence-electron chi connectivity index (χ1n) is 11.3. The number of nitrogens with one attached hydrogen (secondary N) is 1. The number of carbonyl (C=O) groups excluding carboxylic acids is 2. The molecule has 3 rings (SSSR count). The zero-order chi connectivity index (χ0) is 23.6. The fourth-order valence-electron chi connectivity index (χ4n) is 3.82. The summed E-state index contributed by atoms with van der Waals surface area (Å²) < 4.78 is 10.4. The van der Waals surface area contributed by atoms with Crippen molar-refractivity contribution in [2.75, 3.05) is 40.5 Å². The number of H-pyrrole nitrogens is 1. The van der Waals surface area contributed by atoms with Gasteiger partial charge in [0.2, 0.25) is 11.8 Å². The second-order valence-electron chi connectivity index (χ2n) is 7.93. The molecule has 7 nitrogen and oxygen atoms in total. The molecule has 0 saturated carbocycles. The van der Waals surface area contributed by atoms with Gasteiger partial charge in [0.05, 0.1) is 20.3 Å². The lowest BCUT2D eigenvalue weighted by Gasteiger charge is -2.28. The van der Waals surface area contributed by atoms with Crippen molar-refractivity contribution in [2.45, 2.75) is 26.3 Å². The van der Waals surface area contributed by atoms with Crippen LogP contribution >= 0.6 is 0 Å². The van der Waals surface area contributed by atoms with E-state index in [1.165, 1.54) is 5.56 Å². The molecule has 0 aliphatic rings. The second-order valence-corrected chi connectivity index (χ2v) is 7.93. The van der Waals surface area contributed by atoms with Gasteiger partial charge < -0.3 is 24.3 Å². The lowest BCUT2D eigenvalue weighted by atomic mass is 10.1. The first-order valence-corrected chi connectivity index (χ1v) is 11.3. The maximum Gasteiger partial charge on any atom is 0.242 e. The molecule has 0 bridgehead atoms. The highest BCUT2D eigenvalue weighted by Crippen LogP contribution is 2.19. The van der Waals surface area contributed by atoms with Crippen molar-refractivity contribution in [3.63, 3.8) is 0 Å². The molecule has 0 spiro atoms. The van der Waals surface area contributed by atoms with Crippen LogP contribution in [0.25, 0.3) is 10.9 Å². The van der Waals surface area contributed by atoms with Gasteiger partial charge in [-0.05, 0) is 35.7 Å². The fraction of sp³-hybridized carbons (Fsp3) is 0.385. The Bertz CT molecular complexity index is 1050. The van der Waals surface area contributed by atoms with E-state index in [1.54, 1.807) is 26.0 Å². The predicted molar refractivity (Wildman–Crippen MR) is 129 cm³/mol. The zero-order valence-corrected chi connectivity index (χ0v) is 19.7. The van der Waals surface area contributed by atoms with E-state index in [0.29, 0.717) is 39.1 Å². The lowest BCUT2D eigenvalue weighted by molar-refractivity contribution is -0.141. The molecule has 2 aromatic carbocycles. The Hall–Kier alpha value is -3.32. The van der Waals surface area contributed by atoms with Crippen LogP contribution in [0.2, 0.25) is 0 Å². The van der Waals surface area contributed by atoms with Crippen LogP contribution in [-0.4, -0.2) is 67.1 Å². The van der Waals surface area contributed by atoms with E-state index in [4.69, 9.17) is 9.47 Å². The number of hydrogen-bond donors (Lipinski definition) is 1. The van der Waals surface area contributed by atoms with Gasteiger partial charge in [0.15, 0.2) is 0 Å². The third-order valence-electron chi connectivity index (χ3n) is 5.76. The predicted octanol–water partition coefficient (Wildman–Crippen LogP) is 3.63. The summed E-state index contributed by atoms with van der Waals surface area (Å²) >= 11 is 0. The monoisotopic (exact) mass is 451 g/mol. The number of ether oxygens (including phenoxy) is 2. The normalized spacial score (nSPS) is 10.9. The molecule has 2 amide bonds. The third kappa shape index (κ3) is 6.58. The molecule has 7 heteroatoms. The number of amides is 2. The van der Waals surface area contributed by atoms with Crippen LogP contribution in [-0.2, 0) is 27.3 Å². The summed E-state index contributed by atoms with van der Waals surface area (Å²) in [6, 6.07) is 15.9. The molecule has 0 aliphatic heterocycles. The number of para-hydroxylation sites is 1. The van der Waals surface area contributed by atoms with E-state index in [-0.39, 0.29) is 18.4 Å². The van der Waals surface area contributed by atoms with Crippen molar-refractivity contribution in [2.24, 2.45) is 0 Å². The second kappa shape index (κ2) is 12.1. The maximum atomic E-state index is 13.3. The van der Waals surface area contributed by atoms with Crippen LogP contribution in [0.5, 0.6) is 5.75 Å². The minimum atomic E-state index is -0.0800. The summed E-state index contributed by atoms with van der Waals surface area (Å²) in [7, 11) is 3.22. The number of rotatable bonds is 12. The van der Waals surface area contributed by atoms with Crippen molar-refractivity contribution >= 4 is 22.7 Å². The Kier molecular flexibility index (Phi) is 8.89. The van der Waals surface area contributed by atoms with Crippen molar-refractivity contribution in [1.29, 1.82) is 0 Å². The molecule has 1 heterocycles. The summed E-state index contributed by atoms with van der Waals surface area (Å²) in [4.78, 5) is 32.4. The van der Waals surface area contributed by atoms with Gasteiger partial charge in [-0.25, -0.2) is 0 Å². The smallest absolute Gasteiger partial charge is 0.242 e. The van der Waals surface area contributed by atoms with Gasteiger partial charge in [-0.2, -0.15) is 0 Å². The summed E-state index contributed by atoms with van der Waals surface area (Å²) in [5.41, 5.74) is 3.26. The van der Waals surface area contributed by atoms with Crippen molar-refractivity contribution in [3.8, 4) is 5.75 Å². The molecule has 0 aliphatic carbocycles. The van der Waals surface area contributed by atoms with Crippen molar-refractivity contribution < 1.29 is 19.1 Å². The van der Waals surface area contributed by atoms with Crippen LogP contribution < -0.4 is 4.74 Å². The Labute approximate surface area is 195 Å². The molecule has 0 radical (unpaired) electrons. The first-order chi connectivity index (χ1) is 16.0. The largest absolute Gasteiger partial charge is 0.497 e. The van der Waals surface area contributed by atoms with E-state index < -0.39 is 0 Å². The van der Waals surface area contributed by atoms with Gasteiger partial charge in [0, 0.05) is 50.3 Å². The first kappa shape index (κ1) is 24.3. The number of methoxy groups -OCH3 is 2. The number of hydrogen-bond acceptors (Lipinski definition) is 4. The molecular formula is C26H33N3O4. The molecule has 0 atom stereocenters. The van der Waals surface area contributed by atoms with Gasteiger partial charge in [-0.15, -0.1) is 0 Å². The standard InChI is InChI=1S/C26H33N3O4/c1-4-25(30)29(15-16-32-2)19-26(31)28(18-20-9-11-22(33-3)12-10-20)14-13-21-17-27-24-8-6-5-7-23(21)24/h5-12,17,27H,4,13-16,18-19H2,1-3H3. The summed E-state index contributed by atoms with van der Waals surface area (Å²) in [6.07, 6.45) is 3.07. The van der Waals surface area contributed by atoms with Crippen LogP contribution in [0, 0.1) is 0 Å². The highest BCUT2D eigenvalue weighted by molar-refractivity contribution is 5.85. The summed E-state index contributed by atoms with van der Waals surface area (Å²) in [5, 5.41) is 1.16. The number of fused-ring (bicyclic) bond motifs is 1. The van der Waals surface area contributed by atoms with Crippen LogP contribution in [0.3, 0.4) is 0 Å². The lowest BCUT2D eigenvalue weighted by Crippen LogP contribution is -2.44. The average molecular weight is 452 g/mol. The molecule has 33 heavy (non-hydrogen) atoms. The Morgan fingerprint density at radius 3 is 2.39 bits per heavy atom. The van der Waals surface area contributed by atoms with E-state index in [9.17, 15) is 9.59 Å². The highest BCUT2D eigenvalue weighted by atomic mass is 16.5. The Morgan fingerprint density at radius 2 is 1.70 bits per heavy atom. The van der Waals surface area contributed by atoms with Crippen LogP contribution in [0.15, 0.2) is 54.7 Å². The van der Waals surface area contributed by atoms with E-state index >= 15 is 0 Å². The molecular weight excluding hydrogens is 418 g/mol. The quantitative estimate of drug-likeness (QED) is 0.456. The molecule has 0 unspecified atom stereocenters. The molecule has 0 fully saturated rings. The van der Waals surface area contributed by atoms with Gasteiger partial charge in [-0.1, -0.05) is 37.3 Å². The molecule has 3 aromatic rings. The number of nitrogens with zero attached hydrogens (tertiary/aromatic N) is 2. The maximum absolute atomic E-state index is 13.3. The highest BCUT2D eigenvalue weighted by Gasteiger charge is 2.21. The summed E-state index contributed by atoms with van der Waals surface area (Å²) in [6.45, 7) is 3.65. The van der Waals surface area contributed by atoms with Gasteiger partial charge >= 0.3 is 0 Å². The zero-order valence-electron chi connectivity index (χ0n) is 19.7. The number of aromatic amines is 1. The fourth-order valence-corrected chi connectivity index (χ4v) is 3.82. The van der Waals surface area contributed by atoms with Crippen molar-refractivity contribution in [1.82, 2.24) is 14.8 Å². The van der Waals surface area contributed by atoms with E-state index in [2.05, 4.69) is 11.1 Å². The number of benzene rings is 2. The molecule has 176 valence electrons. The molecule has 1 aromatic heterocycles. The van der Waals surface area contributed by atoms with Gasteiger partial charge in [0.25, 0.3) is 0 Å². The average Bonchev–Trinajstić information content (AvgIpc) is 3.27. The minimum Gasteiger partial charge on any atom is -0.497 e. The number of aromatic nitrogens is 1. The molecule has 1 N–H and O–H groups in total. The summed E-state index contributed by atoms with van der Waals surface area (Å²) in [5.74, 6) is 0.639. The SMILES string of the molecule is CCC(=O)N(CCOC)CC(=O)N(CCc1c[nH]c2ccccc12)Cc1ccc(OC)cc1. The van der Waals surface area contributed by atoms with Crippen molar-refractivity contribution in [3.05, 3.63) is 65.9 Å². The van der Waals surface area contributed by atoms with Crippen LogP contribution in [0.4, 0.5) is 0 Å². The topological polar surface area (TPSA) is 74.9 Å². The number of carbonyl (C=O) groups is 2.